The van der Waals surface area contributed by atoms with Crippen LogP contribution in [0.5, 0.6) is 5.75 Å². The standard InChI is InChI=1S/C14H17Br2NO2/c15-6-5-10-2-1-7-17(9-10)14(19)12-4-3-11(16)8-13(12)18/h3-4,8,10,18H,1-2,5-7,9H2. The van der Waals surface area contributed by atoms with Crippen LogP contribution in [0.2, 0.25) is 0 Å². The number of likely N-dealkylation sites (tertiary alicyclic amines) is 1. The summed E-state index contributed by atoms with van der Waals surface area (Å²) >= 11 is 6.74. The number of phenolic OH excluding ortho intramolecular Hbond substituents is 1. The molecule has 1 aliphatic heterocycles. The molecule has 19 heavy (non-hydrogen) atoms. The molecule has 1 heterocycles. The smallest absolute Gasteiger partial charge is 0.257 e. The van der Waals surface area contributed by atoms with Crippen molar-refractivity contribution in [3.8, 4) is 5.75 Å². The fourth-order valence-corrected chi connectivity index (χ4v) is 3.49. The Morgan fingerprint density at radius 2 is 2.26 bits per heavy atom. The Balaban J connectivity index is 2.10. The summed E-state index contributed by atoms with van der Waals surface area (Å²) < 4.78 is 0.775. The van der Waals surface area contributed by atoms with Gasteiger partial charge in [0.2, 0.25) is 0 Å². The maximum absolute atomic E-state index is 12.4. The van der Waals surface area contributed by atoms with E-state index in [-0.39, 0.29) is 11.7 Å². The van der Waals surface area contributed by atoms with Gasteiger partial charge in [-0.25, -0.2) is 0 Å². The van der Waals surface area contributed by atoms with Gasteiger partial charge in [0.15, 0.2) is 0 Å². The van der Waals surface area contributed by atoms with Crippen LogP contribution in [-0.2, 0) is 0 Å². The molecule has 5 heteroatoms. The summed E-state index contributed by atoms with van der Waals surface area (Å²) in [6.07, 6.45) is 3.32. The first-order chi connectivity index (χ1) is 9.11. The third kappa shape index (κ3) is 3.72. The van der Waals surface area contributed by atoms with Crippen molar-refractivity contribution in [2.24, 2.45) is 5.92 Å². The van der Waals surface area contributed by atoms with Crippen LogP contribution in [-0.4, -0.2) is 34.3 Å². The van der Waals surface area contributed by atoms with Gasteiger partial charge in [-0.1, -0.05) is 31.9 Å². The number of piperidine rings is 1. The second-order valence-corrected chi connectivity index (χ2v) is 6.61. The van der Waals surface area contributed by atoms with E-state index < -0.39 is 0 Å². The molecule has 104 valence electrons. The molecule has 1 unspecified atom stereocenters. The van der Waals surface area contributed by atoms with Crippen molar-refractivity contribution in [1.29, 1.82) is 0 Å². The minimum absolute atomic E-state index is 0.0435. The van der Waals surface area contributed by atoms with Gasteiger partial charge in [-0.05, 0) is 43.4 Å². The van der Waals surface area contributed by atoms with E-state index in [9.17, 15) is 9.90 Å². The average Bonchev–Trinajstić information content (AvgIpc) is 2.39. The number of hydrogen-bond acceptors (Lipinski definition) is 2. The number of amides is 1. The van der Waals surface area contributed by atoms with E-state index in [1.165, 1.54) is 6.42 Å². The van der Waals surface area contributed by atoms with Crippen LogP contribution in [0.3, 0.4) is 0 Å². The lowest BCUT2D eigenvalue weighted by Gasteiger charge is -2.32. The van der Waals surface area contributed by atoms with E-state index in [0.29, 0.717) is 11.5 Å². The second-order valence-electron chi connectivity index (χ2n) is 4.90. The van der Waals surface area contributed by atoms with Crippen LogP contribution >= 0.6 is 31.9 Å². The van der Waals surface area contributed by atoms with Crippen molar-refractivity contribution >= 4 is 37.8 Å². The van der Waals surface area contributed by atoms with E-state index in [1.54, 1.807) is 18.2 Å². The number of carbonyl (C=O) groups is 1. The van der Waals surface area contributed by atoms with Crippen LogP contribution in [0.1, 0.15) is 29.6 Å². The summed E-state index contributed by atoms with van der Waals surface area (Å²) in [6.45, 7) is 1.58. The molecule has 0 aromatic heterocycles. The summed E-state index contributed by atoms with van der Waals surface area (Å²) in [6, 6.07) is 5.02. The largest absolute Gasteiger partial charge is 0.507 e. The first-order valence-corrected chi connectivity index (χ1v) is 8.37. The van der Waals surface area contributed by atoms with Crippen LogP contribution in [0.25, 0.3) is 0 Å². The van der Waals surface area contributed by atoms with Crippen LogP contribution < -0.4 is 0 Å². The van der Waals surface area contributed by atoms with Crippen molar-refractivity contribution in [3.05, 3.63) is 28.2 Å². The summed E-state index contributed by atoms with van der Waals surface area (Å²) in [5, 5.41) is 10.9. The van der Waals surface area contributed by atoms with E-state index in [0.717, 1.165) is 35.7 Å². The molecule has 1 aromatic rings. The molecule has 1 aromatic carbocycles. The summed E-state index contributed by atoms with van der Waals surface area (Å²) in [4.78, 5) is 14.3. The number of nitrogens with zero attached hydrogens (tertiary/aromatic N) is 1. The Labute approximate surface area is 130 Å². The van der Waals surface area contributed by atoms with Crippen LogP contribution in [0, 0.1) is 5.92 Å². The van der Waals surface area contributed by atoms with Gasteiger partial charge in [0.1, 0.15) is 5.75 Å². The van der Waals surface area contributed by atoms with Gasteiger partial charge in [0.05, 0.1) is 5.56 Å². The van der Waals surface area contributed by atoms with Crippen molar-refractivity contribution in [2.75, 3.05) is 18.4 Å². The molecule has 1 saturated heterocycles. The minimum Gasteiger partial charge on any atom is -0.507 e. The van der Waals surface area contributed by atoms with E-state index in [1.807, 2.05) is 4.90 Å². The molecule has 0 saturated carbocycles. The Kier molecular flexibility index (Phi) is 5.28. The molecular formula is C14H17Br2NO2. The lowest BCUT2D eigenvalue weighted by atomic mass is 9.95. The number of phenols is 1. The van der Waals surface area contributed by atoms with Gasteiger partial charge in [-0.2, -0.15) is 0 Å². The third-order valence-corrected chi connectivity index (χ3v) is 4.46. The van der Waals surface area contributed by atoms with Crippen LogP contribution in [0.4, 0.5) is 0 Å². The molecule has 1 atom stereocenters. The monoisotopic (exact) mass is 389 g/mol. The highest BCUT2D eigenvalue weighted by Crippen LogP contribution is 2.26. The normalized spacial score (nSPS) is 19.5. The number of aromatic hydroxyl groups is 1. The van der Waals surface area contributed by atoms with E-state index in [2.05, 4.69) is 31.9 Å². The highest BCUT2D eigenvalue weighted by molar-refractivity contribution is 9.10. The van der Waals surface area contributed by atoms with Crippen LogP contribution in [0.15, 0.2) is 22.7 Å². The third-order valence-electron chi connectivity index (χ3n) is 3.51. The number of rotatable bonds is 3. The SMILES string of the molecule is O=C(c1ccc(Br)cc1O)N1CCCC(CCBr)C1. The van der Waals surface area contributed by atoms with Gasteiger partial charge >= 0.3 is 0 Å². The second kappa shape index (κ2) is 6.75. The van der Waals surface area contributed by atoms with E-state index >= 15 is 0 Å². The molecule has 2 rings (SSSR count). The summed E-state index contributed by atoms with van der Waals surface area (Å²) in [5.41, 5.74) is 0.391. The number of halogens is 2. The summed E-state index contributed by atoms with van der Waals surface area (Å²) in [5.74, 6) is 0.543. The molecule has 3 nitrogen and oxygen atoms in total. The molecular weight excluding hydrogens is 374 g/mol. The zero-order valence-electron chi connectivity index (χ0n) is 10.6. The fraction of sp³-hybridized carbons (Fsp3) is 0.500. The quantitative estimate of drug-likeness (QED) is 0.797. The Hall–Kier alpha value is -0.550. The maximum Gasteiger partial charge on any atom is 0.257 e. The first kappa shape index (κ1) is 14.9. The average molecular weight is 391 g/mol. The molecule has 0 aliphatic carbocycles. The van der Waals surface area contributed by atoms with Gasteiger partial charge in [-0.3, -0.25) is 4.79 Å². The topological polar surface area (TPSA) is 40.5 Å². The Morgan fingerprint density at radius 1 is 1.47 bits per heavy atom. The molecule has 0 radical (unpaired) electrons. The van der Waals surface area contributed by atoms with Crippen molar-refractivity contribution < 1.29 is 9.90 Å². The maximum atomic E-state index is 12.4. The van der Waals surface area contributed by atoms with Gasteiger partial charge in [-0.15, -0.1) is 0 Å². The lowest BCUT2D eigenvalue weighted by molar-refractivity contribution is 0.0669. The number of benzene rings is 1. The minimum atomic E-state index is -0.0655. The predicted octanol–water partition coefficient (Wildman–Crippen LogP) is 3.79. The van der Waals surface area contributed by atoms with Crippen molar-refractivity contribution in [2.45, 2.75) is 19.3 Å². The number of hydrogen-bond donors (Lipinski definition) is 1. The zero-order chi connectivity index (χ0) is 13.8. The number of alkyl halides is 1. The highest BCUT2D eigenvalue weighted by Gasteiger charge is 2.25. The highest BCUT2D eigenvalue weighted by atomic mass is 79.9. The molecule has 1 amide bonds. The Morgan fingerprint density at radius 3 is 2.95 bits per heavy atom. The molecule has 0 spiro atoms. The zero-order valence-corrected chi connectivity index (χ0v) is 13.8. The Bertz CT molecular complexity index is 463. The molecule has 1 fully saturated rings. The van der Waals surface area contributed by atoms with Gasteiger partial charge < -0.3 is 10.0 Å². The van der Waals surface area contributed by atoms with Crippen molar-refractivity contribution in [1.82, 2.24) is 4.90 Å². The predicted molar refractivity (Wildman–Crippen MR) is 82.8 cm³/mol. The fourth-order valence-electron chi connectivity index (χ4n) is 2.50. The van der Waals surface area contributed by atoms with Crippen molar-refractivity contribution in [3.63, 3.8) is 0 Å². The molecule has 1 aliphatic rings. The first-order valence-electron chi connectivity index (χ1n) is 6.45. The lowest BCUT2D eigenvalue weighted by Crippen LogP contribution is -2.40. The van der Waals surface area contributed by atoms with Gasteiger partial charge in [0, 0.05) is 22.9 Å². The van der Waals surface area contributed by atoms with Gasteiger partial charge in [0.25, 0.3) is 5.91 Å². The molecule has 1 N–H and O–H groups in total. The molecule has 0 bridgehead atoms. The van der Waals surface area contributed by atoms with E-state index in [4.69, 9.17) is 0 Å². The summed E-state index contributed by atoms with van der Waals surface area (Å²) in [7, 11) is 0. The number of carbonyl (C=O) groups excluding carboxylic acids is 1.